The number of hydrogen-bond donors (Lipinski definition) is 3. The molecule has 0 aliphatic heterocycles. The molecule has 3 N–H and O–H groups in total. The minimum absolute atomic E-state index is 0.128. The highest BCUT2D eigenvalue weighted by Crippen LogP contribution is 2.18. The minimum Gasteiger partial charge on any atom is -0.480 e. The average molecular weight is 318 g/mol. The van der Waals surface area contributed by atoms with Gasteiger partial charge in [0, 0.05) is 0 Å². The molecule has 0 saturated heterocycles. The molecule has 0 aliphatic carbocycles. The summed E-state index contributed by atoms with van der Waals surface area (Å²) in [6.45, 7) is 1.56. The van der Waals surface area contributed by atoms with E-state index in [1.165, 1.54) is 0 Å². The molecule has 0 aliphatic rings. The highest BCUT2D eigenvalue weighted by molar-refractivity contribution is 7.92. The van der Waals surface area contributed by atoms with Crippen LogP contribution in [0.4, 0.5) is 10.1 Å². The third-order valence-corrected chi connectivity index (χ3v) is 3.12. The Kier molecular flexibility index (Phi) is 5.25. The first kappa shape index (κ1) is 16.9. The molecule has 1 aromatic rings. The molecule has 0 fully saturated rings. The lowest BCUT2D eigenvalue weighted by atomic mass is 10.1. The molecule has 1 aromatic carbocycles. The lowest BCUT2D eigenvalue weighted by Crippen LogP contribution is -2.40. The lowest BCUT2D eigenvalue weighted by molar-refractivity contribution is -0.139. The van der Waals surface area contributed by atoms with Gasteiger partial charge in [0.15, 0.2) is 0 Å². The molecule has 9 heteroatoms. The van der Waals surface area contributed by atoms with Crippen molar-refractivity contribution in [2.75, 3.05) is 11.0 Å². The monoisotopic (exact) mass is 318 g/mol. The van der Waals surface area contributed by atoms with Crippen molar-refractivity contribution in [3.05, 3.63) is 29.6 Å². The molecule has 21 heavy (non-hydrogen) atoms. The van der Waals surface area contributed by atoms with Gasteiger partial charge in [-0.2, -0.15) is 0 Å². The normalized spacial score (nSPS) is 12.5. The van der Waals surface area contributed by atoms with E-state index < -0.39 is 33.8 Å². The van der Waals surface area contributed by atoms with Gasteiger partial charge in [-0.3, -0.25) is 9.52 Å². The van der Waals surface area contributed by atoms with Crippen molar-refractivity contribution in [1.82, 2.24) is 5.32 Å². The summed E-state index contributed by atoms with van der Waals surface area (Å²) in [6, 6.07) is 1.76. The van der Waals surface area contributed by atoms with Crippen LogP contribution in [0.25, 0.3) is 0 Å². The standard InChI is InChI=1S/C12H15FN2O5S/c1-3-9(12(17)18)14-11(16)8-6-7(13)4-5-10(8)15-21(2,19)20/h4-6,9,15H,3H2,1-2H3,(H,14,16)(H,17,18)/t9-/m1/s1. The van der Waals surface area contributed by atoms with E-state index in [-0.39, 0.29) is 17.7 Å². The van der Waals surface area contributed by atoms with Crippen molar-refractivity contribution in [3.63, 3.8) is 0 Å². The maximum absolute atomic E-state index is 13.2. The Morgan fingerprint density at radius 2 is 2.00 bits per heavy atom. The molecule has 7 nitrogen and oxygen atoms in total. The second-order valence-corrected chi connectivity index (χ2v) is 6.09. The number of anilines is 1. The second-order valence-electron chi connectivity index (χ2n) is 4.34. The van der Waals surface area contributed by atoms with Crippen molar-refractivity contribution in [2.45, 2.75) is 19.4 Å². The fourth-order valence-corrected chi connectivity index (χ4v) is 2.14. The van der Waals surface area contributed by atoms with Crippen LogP contribution in [0.15, 0.2) is 18.2 Å². The predicted molar refractivity (Wildman–Crippen MR) is 74.0 cm³/mol. The van der Waals surface area contributed by atoms with Gasteiger partial charge in [-0.05, 0) is 24.6 Å². The van der Waals surface area contributed by atoms with Gasteiger partial charge in [-0.15, -0.1) is 0 Å². The summed E-state index contributed by atoms with van der Waals surface area (Å²) in [4.78, 5) is 22.9. The summed E-state index contributed by atoms with van der Waals surface area (Å²) in [5.74, 6) is -2.86. The Morgan fingerprint density at radius 3 is 2.48 bits per heavy atom. The largest absolute Gasteiger partial charge is 0.480 e. The molecule has 0 unspecified atom stereocenters. The molecule has 0 aromatic heterocycles. The molecule has 0 bridgehead atoms. The number of carbonyl (C=O) groups excluding carboxylic acids is 1. The summed E-state index contributed by atoms with van der Waals surface area (Å²) >= 11 is 0. The van der Waals surface area contributed by atoms with E-state index in [0.717, 1.165) is 24.5 Å². The van der Waals surface area contributed by atoms with Gasteiger partial charge < -0.3 is 10.4 Å². The Hall–Kier alpha value is -2.16. The van der Waals surface area contributed by atoms with E-state index in [2.05, 4.69) is 10.0 Å². The summed E-state index contributed by atoms with van der Waals surface area (Å²) in [6.07, 6.45) is 1.01. The third kappa shape index (κ3) is 5.03. The molecule has 1 atom stereocenters. The van der Waals surface area contributed by atoms with Gasteiger partial charge >= 0.3 is 5.97 Å². The maximum Gasteiger partial charge on any atom is 0.326 e. The van der Waals surface area contributed by atoms with Crippen molar-refractivity contribution in [1.29, 1.82) is 0 Å². The maximum atomic E-state index is 13.2. The Balaban J connectivity index is 3.13. The number of sulfonamides is 1. The Morgan fingerprint density at radius 1 is 1.38 bits per heavy atom. The van der Waals surface area contributed by atoms with Gasteiger partial charge in [0.05, 0.1) is 17.5 Å². The van der Waals surface area contributed by atoms with Crippen molar-refractivity contribution < 1.29 is 27.5 Å². The van der Waals surface area contributed by atoms with Gasteiger partial charge in [0.2, 0.25) is 10.0 Å². The van der Waals surface area contributed by atoms with Crippen LogP contribution in [0.3, 0.4) is 0 Å². The molecule has 0 radical (unpaired) electrons. The summed E-state index contributed by atoms with van der Waals surface area (Å²) in [5, 5.41) is 11.1. The van der Waals surface area contributed by atoms with Crippen LogP contribution < -0.4 is 10.0 Å². The number of carboxylic acids is 1. The predicted octanol–water partition coefficient (Wildman–Crippen LogP) is 0.790. The third-order valence-electron chi connectivity index (χ3n) is 2.53. The first-order chi connectivity index (χ1) is 9.64. The Labute approximate surface area is 121 Å². The van der Waals surface area contributed by atoms with Crippen LogP contribution >= 0.6 is 0 Å². The van der Waals surface area contributed by atoms with E-state index in [9.17, 15) is 22.4 Å². The zero-order valence-electron chi connectivity index (χ0n) is 11.4. The van der Waals surface area contributed by atoms with E-state index in [1.807, 2.05) is 0 Å². The summed E-state index contributed by atoms with van der Waals surface area (Å²) in [5.41, 5.74) is -0.420. The zero-order valence-corrected chi connectivity index (χ0v) is 12.2. The van der Waals surface area contributed by atoms with Gasteiger partial charge in [-0.1, -0.05) is 6.92 Å². The average Bonchev–Trinajstić information content (AvgIpc) is 2.35. The number of halogens is 1. The van der Waals surface area contributed by atoms with Gasteiger partial charge in [-0.25, -0.2) is 17.6 Å². The zero-order chi connectivity index (χ0) is 16.2. The first-order valence-corrected chi connectivity index (χ1v) is 7.84. The van der Waals surface area contributed by atoms with Crippen LogP contribution in [0.2, 0.25) is 0 Å². The smallest absolute Gasteiger partial charge is 0.326 e. The van der Waals surface area contributed by atoms with Gasteiger partial charge in [0.1, 0.15) is 11.9 Å². The van der Waals surface area contributed by atoms with Crippen LogP contribution in [-0.4, -0.2) is 37.7 Å². The van der Waals surface area contributed by atoms with E-state index in [4.69, 9.17) is 5.11 Å². The first-order valence-electron chi connectivity index (χ1n) is 5.95. The highest BCUT2D eigenvalue weighted by atomic mass is 32.2. The molecule has 1 rings (SSSR count). The number of hydrogen-bond acceptors (Lipinski definition) is 4. The van der Waals surface area contributed by atoms with Crippen LogP contribution in [0, 0.1) is 5.82 Å². The SMILES string of the molecule is CC[C@@H](NC(=O)c1cc(F)ccc1NS(C)(=O)=O)C(=O)O. The van der Waals surface area contributed by atoms with Crippen LogP contribution in [0.1, 0.15) is 23.7 Å². The Bertz CT molecular complexity index is 660. The molecule has 0 saturated carbocycles. The van der Waals surface area contributed by atoms with E-state index in [1.54, 1.807) is 6.92 Å². The van der Waals surface area contributed by atoms with Crippen LogP contribution in [-0.2, 0) is 14.8 Å². The van der Waals surface area contributed by atoms with E-state index in [0.29, 0.717) is 0 Å². The number of carbonyl (C=O) groups is 2. The molecular formula is C12H15FN2O5S. The molecular weight excluding hydrogens is 303 g/mol. The van der Waals surface area contributed by atoms with E-state index >= 15 is 0 Å². The summed E-state index contributed by atoms with van der Waals surface area (Å²) in [7, 11) is -3.67. The van der Waals surface area contributed by atoms with Crippen molar-refractivity contribution in [2.24, 2.45) is 0 Å². The number of nitrogens with one attached hydrogen (secondary N) is 2. The topological polar surface area (TPSA) is 113 Å². The fourth-order valence-electron chi connectivity index (χ4n) is 1.57. The van der Waals surface area contributed by atoms with Crippen LogP contribution in [0.5, 0.6) is 0 Å². The highest BCUT2D eigenvalue weighted by Gasteiger charge is 2.21. The number of carboxylic acid groups (broad SMARTS) is 1. The quantitative estimate of drug-likeness (QED) is 0.718. The minimum atomic E-state index is -3.67. The number of amides is 1. The van der Waals surface area contributed by atoms with Crippen molar-refractivity contribution >= 4 is 27.6 Å². The molecule has 0 spiro atoms. The second kappa shape index (κ2) is 6.53. The lowest BCUT2D eigenvalue weighted by Gasteiger charge is -2.15. The molecule has 1 amide bonds. The number of benzene rings is 1. The molecule has 0 heterocycles. The summed E-state index contributed by atoms with van der Waals surface area (Å²) < 4.78 is 37.8. The van der Waals surface area contributed by atoms with Crippen molar-refractivity contribution in [3.8, 4) is 0 Å². The molecule has 116 valence electrons. The fraction of sp³-hybridized carbons (Fsp3) is 0.333. The number of aliphatic carboxylic acids is 1. The number of rotatable bonds is 6. The van der Waals surface area contributed by atoms with Gasteiger partial charge in [0.25, 0.3) is 5.91 Å².